The molecule has 8 nitrogen and oxygen atoms in total. The minimum absolute atomic E-state index is 0.0286. The van der Waals surface area contributed by atoms with Gasteiger partial charge < -0.3 is 19.9 Å². The summed E-state index contributed by atoms with van der Waals surface area (Å²) in [4.78, 5) is 12.3. The Kier molecular flexibility index (Phi) is 2.77. The molecule has 0 aliphatic carbocycles. The Labute approximate surface area is 118 Å². The van der Waals surface area contributed by atoms with Gasteiger partial charge in [0.1, 0.15) is 24.6 Å². The van der Waals surface area contributed by atoms with E-state index in [0.29, 0.717) is 31.0 Å². The minimum Gasteiger partial charge on any atom is -0.382 e. The Morgan fingerprint density at radius 2 is 2.25 bits per heavy atom. The average molecular weight is 298 g/mol. The van der Waals surface area contributed by atoms with Crippen molar-refractivity contribution in [1.29, 1.82) is 0 Å². The van der Waals surface area contributed by atoms with Crippen LogP contribution in [0.1, 0.15) is 12.6 Å². The molecule has 2 aliphatic rings. The summed E-state index contributed by atoms with van der Waals surface area (Å²) in [7, 11) is 0. The Bertz CT molecular complexity index is 649. The van der Waals surface area contributed by atoms with Gasteiger partial charge >= 0.3 is 0 Å². The van der Waals surface area contributed by atoms with Crippen molar-refractivity contribution in [2.45, 2.75) is 24.9 Å². The molecule has 0 saturated carbocycles. The lowest BCUT2D eigenvalue weighted by molar-refractivity contribution is -0.182. The molecule has 3 atom stereocenters. The lowest BCUT2D eigenvalue weighted by Crippen LogP contribution is -2.35. The number of imidazole rings is 1. The molecular weight excluding hydrogens is 286 g/mol. The van der Waals surface area contributed by atoms with Gasteiger partial charge in [-0.3, -0.25) is 4.57 Å². The number of hydrogen-bond acceptors (Lipinski definition) is 7. The molecule has 106 valence electrons. The molecule has 2 N–H and O–H groups in total. The highest BCUT2D eigenvalue weighted by atomic mass is 35.5. The van der Waals surface area contributed by atoms with E-state index in [4.69, 9.17) is 31.5 Å². The Balaban J connectivity index is 1.72. The van der Waals surface area contributed by atoms with Crippen LogP contribution in [0.2, 0.25) is 5.28 Å². The van der Waals surface area contributed by atoms with E-state index in [1.807, 2.05) is 0 Å². The average Bonchev–Trinajstić information content (AvgIpc) is 3.00. The maximum absolute atomic E-state index is 5.93. The van der Waals surface area contributed by atoms with E-state index in [1.165, 1.54) is 0 Å². The van der Waals surface area contributed by atoms with Gasteiger partial charge in [-0.1, -0.05) is 0 Å². The number of halogens is 1. The van der Waals surface area contributed by atoms with Crippen molar-refractivity contribution >= 4 is 28.6 Å². The largest absolute Gasteiger partial charge is 0.382 e. The second-order valence-corrected chi connectivity index (χ2v) is 5.10. The van der Waals surface area contributed by atoms with Crippen LogP contribution in [0.3, 0.4) is 0 Å². The second kappa shape index (κ2) is 4.52. The number of nitrogens with zero attached hydrogens (tertiary/aromatic N) is 4. The number of aromatic nitrogens is 4. The monoisotopic (exact) mass is 297 g/mol. The fourth-order valence-electron chi connectivity index (χ4n) is 2.62. The maximum atomic E-state index is 5.93. The van der Waals surface area contributed by atoms with Crippen LogP contribution in [0, 0.1) is 0 Å². The van der Waals surface area contributed by atoms with Crippen LogP contribution < -0.4 is 5.73 Å². The van der Waals surface area contributed by atoms with Crippen LogP contribution in [0.15, 0.2) is 6.33 Å². The molecule has 0 spiro atoms. The highest BCUT2D eigenvalue weighted by molar-refractivity contribution is 6.28. The van der Waals surface area contributed by atoms with Crippen molar-refractivity contribution in [3.05, 3.63) is 11.6 Å². The zero-order valence-electron chi connectivity index (χ0n) is 10.4. The fourth-order valence-corrected chi connectivity index (χ4v) is 2.79. The molecule has 9 heteroatoms. The van der Waals surface area contributed by atoms with Gasteiger partial charge in [-0.2, -0.15) is 9.97 Å². The molecule has 2 fully saturated rings. The third-order valence-electron chi connectivity index (χ3n) is 3.56. The van der Waals surface area contributed by atoms with Crippen LogP contribution in [-0.2, 0) is 14.2 Å². The van der Waals surface area contributed by atoms with E-state index in [0.717, 1.165) is 0 Å². The lowest BCUT2D eigenvalue weighted by atomic mass is 10.2. The van der Waals surface area contributed by atoms with Gasteiger partial charge in [-0.05, 0) is 11.6 Å². The first kappa shape index (κ1) is 12.3. The summed E-state index contributed by atoms with van der Waals surface area (Å²) < 4.78 is 18.5. The summed E-state index contributed by atoms with van der Waals surface area (Å²) in [5, 5.41) is 0.0896. The first-order valence-electron chi connectivity index (χ1n) is 6.23. The highest BCUT2D eigenvalue weighted by Crippen LogP contribution is 2.34. The van der Waals surface area contributed by atoms with Crippen LogP contribution in [0.5, 0.6) is 0 Å². The zero-order valence-corrected chi connectivity index (χ0v) is 11.2. The van der Waals surface area contributed by atoms with Crippen molar-refractivity contribution in [3.8, 4) is 0 Å². The Hall–Kier alpha value is -1.48. The minimum atomic E-state index is -0.220. The number of nitrogens with two attached hydrogens (primary N) is 1. The third kappa shape index (κ3) is 1.84. The molecule has 0 aromatic carbocycles. The van der Waals surface area contributed by atoms with Gasteiger partial charge in [0.15, 0.2) is 11.5 Å². The van der Waals surface area contributed by atoms with Crippen LogP contribution in [0.25, 0.3) is 11.2 Å². The van der Waals surface area contributed by atoms with Gasteiger partial charge in [0.25, 0.3) is 0 Å². The maximum Gasteiger partial charge on any atom is 0.226 e. The molecule has 0 radical (unpaired) electrons. The molecule has 2 aromatic rings. The van der Waals surface area contributed by atoms with Crippen LogP contribution >= 0.6 is 11.6 Å². The molecule has 3 unspecified atom stereocenters. The smallest absolute Gasteiger partial charge is 0.226 e. The topological polar surface area (TPSA) is 97.3 Å². The summed E-state index contributed by atoms with van der Waals surface area (Å²) >= 11 is 5.85. The molecule has 2 aliphatic heterocycles. The summed E-state index contributed by atoms with van der Waals surface area (Å²) in [6.07, 6.45) is 2.08. The number of rotatable bonds is 1. The molecule has 4 rings (SSSR count). The van der Waals surface area contributed by atoms with E-state index in [2.05, 4.69) is 15.0 Å². The van der Waals surface area contributed by atoms with E-state index < -0.39 is 0 Å². The normalized spacial score (nSPS) is 29.8. The zero-order chi connectivity index (χ0) is 13.7. The summed E-state index contributed by atoms with van der Waals surface area (Å²) in [5.74, 6) is 0.258. The van der Waals surface area contributed by atoms with E-state index in [9.17, 15) is 0 Å². The molecular formula is C11H12ClN5O3. The quantitative estimate of drug-likeness (QED) is 0.775. The number of fused-ring (bicyclic) bond motifs is 2. The van der Waals surface area contributed by atoms with Gasteiger partial charge in [-0.15, -0.1) is 0 Å². The van der Waals surface area contributed by atoms with Crippen LogP contribution in [-0.4, -0.2) is 45.1 Å². The predicted octanol–water partition coefficient (Wildman–Crippen LogP) is 0.722. The highest BCUT2D eigenvalue weighted by Gasteiger charge is 2.40. The number of hydrogen-bond donors (Lipinski definition) is 1. The van der Waals surface area contributed by atoms with Gasteiger partial charge in [0.05, 0.1) is 19.0 Å². The number of nitrogen functional groups attached to an aromatic ring is 1. The Morgan fingerprint density at radius 3 is 3.10 bits per heavy atom. The predicted molar refractivity (Wildman–Crippen MR) is 69.0 cm³/mol. The summed E-state index contributed by atoms with van der Waals surface area (Å²) in [6, 6.07) is 0. The van der Waals surface area contributed by atoms with E-state index in [-0.39, 0.29) is 29.5 Å². The molecule has 20 heavy (non-hydrogen) atoms. The first-order chi connectivity index (χ1) is 9.72. The number of ether oxygens (including phenoxy) is 3. The van der Waals surface area contributed by atoms with Gasteiger partial charge in [0.2, 0.25) is 5.28 Å². The molecule has 0 bridgehead atoms. The van der Waals surface area contributed by atoms with E-state index in [1.54, 1.807) is 10.9 Å². The van der Waals surface area contributed by atoms with Crippen molar-refractivity contribution in [2.75, 3.05) is 19.1 Å². The first-order valence-corrected chi connectivity index (χ1v) is 6.60. The van der Waals surface area contributed by atoms with Gasteiger partial charge in [0, 0.05) is 6.42 Å². The van der Waals surface area contributed by atoms with Crippen molar-refractivity contribution in [2.24, 2.45) is 0 Å². The van der Waals surface area contributed by atoms with E-state index >= 15 is 0 Å². The Morgan fingerprint density at radius 1 is 1.35 bits per heavy atom. The van der Waals surface area contributed by atoms with Crippen molar-refractivity contribution < 1.29 is 14.2 Å². The molecule has 4 heterocycles. The summed E-state index contributed by atoms with van der Waals surface area (Å²) in [5.41, 5.74) is 6.87. The van der Waals surface area contributed by atoms with Crippen molar-refractivity contribution in [3.63, 3.8) is 0 Å². The lowest BCUT2D eigenvalue weighted by Gasteiger charge is -2.23. The van der Waals surface area contributed by atoms with Crippen molar-refractivity contribution in [1.82, 2.24) is 19.5 Å². The van der Waals surface area contributed by atoms with Crippen LogP contribution in [0.4, 0.5) is 5.82 Å². The van der Waals surface area contributed by atoms with Gasteiger partial charge in [-0.25, -0.2) is 4.98 Å². The standard InChI is InChI=1S/C11H12ClN5O3/c12-11-15-9(13)8-10(16-11)17(3-14-8)7-1-5-6(20-7)2-18-4-19-5/h3,5-7H,1-2,4H2,(H2,13,15,16). The number of anilines is 1. The molecule has 2 saturated heterocycles. The second-order valence-electron chi connectivity index (χ2n) is 4.76. The third-order valence-corrected chi connectivity index (χ3v) is 3.73. The summed E-state index contributed by atoms with van der Waals surface area (Å²) in [6.45, 7) is 0.842. The molecule has 0 amide bonds. The molecule has 2 aromatic heterocycles. The SMILES string of the molecule is Nc1nc(Cl)nc2c1ncn2C1CC2OCOCC2O1. The fraction of sp³-hybridized carbons (Fsp3) is 0.545.